The molecule has 4 heteroatoms. The van der Waals surface area contributed by atoms with Crippen molar-refractivity contribution in [2.75, 3.05) is 18.5 Å². The molecule has 14 heavy (non-hydrogen) atoms. The van der Waals surface area contributed by atoms with Crippen LogP contribution in [-0.4, -0.2) is 29.6 Å². The molecule has 1 unspecified atom stereocenters. The monoisotopic (exact) mass is 194 g/mol. The molecule has 0 saturated carbocycles. The molecule has 4 nitrogen and oxygen atoms in total. The van der Waals surface area contributed by atoms with Gasteiger partial charge in [-0.2, -0.15) is 0 Å². The second kappa shape index (κ2) is 4.91. The van der Waals surface area contributed by atoms with Crippen LogP contribution in [0.5, 0.6) is 0 Å². The van der Waals surface area contributed by atoms with E-state index in [4.69, 9.17) is 5.73 Å². The van der Waals surface area contributed by atoms with Gasteiger partial charge in [0.1, 0.15) is 0 Å². The summed E-state index contributed by atoms with van der Waals surface area (Å²) in [5.41, 5.74) is 6.58. The van der Waals surface area contributed by atoms with E-state index in [1.54, 1.807) is 0 Å². The number of rotatable bonds is 4. The SMILES string of the molecule is Cc1cnc(N(C)C(C)CCN)nc1. The molecular formula is C10H18N4. The fourth-order valence-electron chi connectivity index (χ4n) is 1.20. The molecule has 78 valence electrons. The molecule has 1 atom stereocenters. The molecule has 0 aliphatic carbocycles. The number of anilines is 1. The maximum absolute atomic E-state index is 5.50. The molecule has 1 aromatic rings. The first-order valence-corrected chi connectivity index (χ1v) is 4.86. The van der Waals surface area contributed by atoms with Gasteiger partial charge < -0.3 is 10.6 Å². The Kier molecular flexibility index (Phi) is 3.83. The van der Waals surface area contributed by atoms with Gasteiger partial charge in [0.2, 0.25) is 5.95 Å². The summed E-state index contributed by atoms with van der Waals surface area (Å²) in [5, 5.41) is 0. The third kappa shape index (κ3) is 2.67. The Morgan fingerprint density at radius 2 is 2.00 bits per heavy atom. The van der Waals surface area contributed by atoms with Crippen LogP contribution in [0.25, 0.3) is 0 Å². The van der Waals surface area contributed by atoms with Gasteiger partial charge in [0, 0.05) is 25.5 Å². The van der Waals surface area contributed by atoms with Gasteiger partial charge in [-0.1, -0.05) is 0 Å². The van der Waals surface area contributed by atoms with Gasteiger partial charge in [-0.25, -0.2) is 9.97 Å². The summed E-state index contributed by atoms with van der Waals surface area (Å²) in [7, 11) is 1.99. The van der Waals surface area contributed by atoms with Gasteiger partial charge >= 0.3 is 0 Å². The van der Waals surface area contributed by atoms with Crippen molar-refractivity contribution in [3.63, 3.8) is 0 Å². The zero-order valence-electron chi connectivity index (χ0n) is 9.07. The first kappa shape index (κ1) is 10.9. The van der Waals surface area contributed by atoms with Crippen molar-refractivity contribution < 1.29 is 0 Å². The third-order valence-corrected chi connectivity index (χ3v) is 2.33. The summed E-state index contributed by atoms with van der Waals surface area (Å²) in [6.07, 6.45) is 4.61. The molecule has 2 N–H and O–H groups in total. The Labute approximate surface area is 85.2 Å². The average Bonchev–Trinajstić information content (AvgIpc) is 2.18. The summed E-state index contributed by atoms with van der Waals surface area (Å²) in [6.45, 7) is 4.79. The Morgan fingerprint density at radius 3 is 2.50 bits per heavy atom. The average molecular weight is 194 g/mol. The normalized spacial score (nSPS) is 12.6. The minimum atomic E-state index is 0.378. The Balaban J connectivity index is 2.68. The number of nitrogens with two attached hydrogens (primary N) is 1. The molecule has 0 spiro atoms. The molecule has 1 aromatic heterocycles. The number of hydrogen-bond acceptors (Lipinski definition) is 4. The molecule has 1 rings (SSSR count). The highest BCUT2D eigenvalue weighted by Crippen LogP contribution is 2.09. The highest BCUT2D eigenvalue weighted by molar-refractivity contribution is 5.29. The first-order valence-electron chi connectivity index (χ1n) is 4.86. The van der Waals surface area contributed by atoms with E-state index in [2.05, 4.69) is 16.9 Å². The zero-order chi connectivity index (χ0) is 10.6. The largest absolute Gasteiger partial charge is 0.341 e. The second-order valence-corrected chi connectivity index (χ2v) is 3.60. The van der Waals surface area contributed by atoms with Crippen molar-refractivity contribution in [2.24, 2.45) is 5.73 Å². The lowest BCUT2D eigenvalue weighted by molar-refractivity contribution is 0.622. The molecule has 0 aliphatic rings. The second-order valence-electron chi connectivity index (χ2n) is 3.60. The lowest BCUT2D eigenvalue weighted by atomic mass is 10.2. The summed E-state index contributed by atoms with van der Waals surface area (Å²) in [5.74, 6) is 0.761. The van der Waals surface area contributed by atoms with Gasteiger partial charge in [0.25, 0.3) is 0 Å². The van der Waals surface area contributed by atoms with E-state index >= 15 is 0 Å². The smallest absolute Gasteiger partial charge is 0.225 e. The van der Waals surface area contributed by atoms with Gasteiger partial charge in [-0.3, -0.25) is 0 Å². The van der Waals surface area contributed by atoms with Crippen LogP contribution >= 0.6 is 0 Å². The van der Waals surface area contributed by atoms with Crippen molar-refractivity contribution in [3.8, 4) is 0 Å². The van der Waals surface area contributed by atoms with Crippen LogP contribution in [0.4, 0.5) is 5.95 Å². The Hall–Kier alpha value is -1.16. The first-order chi connectivity index (χ1) is 6.65. The summed E-state index contributed by atoms with van der Waals surface area (Å²) < 4.78 is 0. The number of nitrogens with zero attached hydrogens (tertiary/aromatic N) is 3. The van der Waals surface area contributed by atoms with E-state index < -0.39 is 0 Å². The Morgan fingerprint density at radius 1 is 1.43 bits per heavy atom. The highest BCUT2D eigenvalue weighted by Gasteiger charge is 2.10. The summed E-state index contributed by atoms with van der Waals surface area (Å²) in [6, 6.07) is 0.378. The lowest BCUT2D eigenvalue weighted by Gasteiger charge is -2.24. The van der Waals surface area contributed by atoms with E-state index in [0.717, 1.165) is 17.9 Å². The fraction of sp³-hybridized carbons (Fsp3) is 0.600. The predicted molar refractivity (Wildman–Crippen MR) is 58.3 cm³/mol. The number of aromatic nitrogens is 2. The van der Waals surface area contributed by atoms with E-state index in [0.29, 0.717) is 12.6 Å². The lowest BCUT2D eigenvalue weighted by Crippen LogP contribution is -2.32. The van der Waals surface area contributed by atoms with Crippen LogP contribution in [0.1, 0.15) is 18.9 Å². The third-order valence-electron chi connectivity index (χ3n) is 2.33. The van der Waals surface area contributed by atoms with Crippen LogP contribution in [0.2, 0.25) is 0 Å². The van der Waals surface area contributed by atoms with Crippen molar-refractivity contribution in [1.82, 2.24) is 9.97 Å². The van der Waals surface area contributed by atoms with E-state index in [9.17, 15) is 0 Å². The molecule has 0 fully saturated rings. The molecule has 1 heterocycles. The Bertz CT molecular complexity index is 270. The number of hydrogen-bond donors (Lipinski definition) is 1. The zero-order valence-corrected chi connectivity index (χ0v) is 9.07. The molecule has 0 saturated heterocycles. The summed E-state index contributed by atoms with van der Waals surface area (Å²) in [4.78, 5) is 10.6. The quantitative estimate of drug-likeness (QED) is 0.775. The van der Waals surface area contributed by atoms with Crippen molar-refractivity contribution >= 4 is 5.95 Å². The molecule has 0 aromatic carbocycles. The van der Waals surface area contributed by atoms with Gasteiger partial charge in [0.05, 0.1) is 0 Å². The molecule has 0 bridgehead atoms. The van der Waals surface area contributed by atoms with Crippen LogP contribution < -0.4 is 10.6 Å². The van der Waals surface area contributed by atoms with Gasteiger partial charge in [-0.15, -0.1) is 0 Å². The van der Waals surface area contributed by atoms with Crippen LogP contribution in [0, 0.1) is 6.92 Å². The van der Waals surface area contributed by atoms with E-state index in [1.165, 1.54) is 0 Å². The molecule has 0 radical (unpaired) electrons. The highest BCUT2D eigenvalue weighted by atomic mass is 15.2. The van der Waals surface area contributed by atoms with Gasteiger partial charge in [-0.05, 0) is 32.4 Å². The van der Waals surface area contributed by atoms with Crippen molar-refractivity contribution in [2.45, 2.75) is 26.3 Å². The minimum Gasteiger partial charge on any atom is -0.341 e. The van der Waals surface area contributed by atoms with E-state index in [-0.39, 0.29) is 0 Å². The van der Waals surface area contributed by atoms with Crippen molar-refractivity contribution in [1.29, 1.82) is 0 Å². The molecule has 0 amide bonds. The topological polar surface area (TPSA) is 55.0 Å². The standard InChI is InChI=1S/C10H18N4/c1-8-6-12-10(13-7-8)14(3)9(2)4-5-11/h6-7,9H,4-5,11H2,1-3H3. The summed E-state index contributed by atoms with van der Waals surface area (Å²) >= 11 is 0. The van der Waals surface area contributed by atoms with Gasteiger partial charge in [0.15, 0.2) is 0 Å². The minimum absolute atomic E-state index is 0.378. The molecular weight excluding hydrogens is 176 g/mol. The maximum Gasteiger partial charge on any atom is 0.225 e. The fourth-order valence-corrected chi connectivity index (χ4v) is 1.20. The number of aryl methyl sites for hydroxylation is 1. The van der Waals surface area contributed by atoms with Crippen molar-refractivity contribution in [3.05, 3.63) is 18.0 Å². The maximum atomic E-state index is 5.50. The van der Waals surface area contributed by atoms with Crippen LogP contribution in [-0.2, 0) is 0 Å². The predicted octanol–water partition coefficient (Wildman–Crippen LogP) is 0.959. The van der Waals surface area contributed by atoms with Crippen LogP contribution in [0.15, 0.2) is 12.4 Å². The van der Waals surface area contributed by atoms with E-state index in [1.807, 2.05) is 31.3 Å². The molecule has 0 aliphatic heterocycles. The van der Waals surface area contributed by atoms with Crippen LogP contribution in [0.3, 0.4) is 0 Å².